The van der Waals surface area contributed by atoms with Crippen LogP contribution in [0.2, 0.25) is 0 Å². The molecule has 0 aromatic rings. The number of nitrogens with zero attached hydrogens (tertiary/aromatic N) is 9. The first-order valence-electron chi connectivity index (χ1n) is 23.8. The minimum atomic E-state index is -1.29. The summed E-state index contributed by atoms with van der Waals surface area (Å²) in [4.78, 5) is 87.3. The monoisotopic (exact) mass is 967 g/mol. The summed E-state index contributed by atoms with van der Waals surface area (Å²) >= 11 is 0. The molecule has 3 heterocycles. The largest absolute Gasteiger partial charge is 0.470 e. The molecule has 21 heteroatoms. The van der Waals surface area contributed by atoms with Crippen molar-refractivity contribution in [1.82, 2.24) is 14.7 Å². The molecule has 3 aliphatic heterocycles. The smallest absolute Gasteiger partial charge is 0.349 e. The lowest BCUT2D eigenvalue weighted by Crippen LogP contribution is -2.33. The Morgan fingerprint density at radius 1 is 0.557 bits per heavy atom. The molecular weight excluding hydrogens is 907 g/mol. The summed E-state index contributed by atoms with van der Waals surface area (Å²) in [6.07, 6.45) is 5.86. The lowest BCUT2D eigenvalue weighted by atomic mass is 9.74. The van der Waals surface area contributed by atoms with E-state index in [1.165, 1.54) is 0 Å². The van der Waals surface area contributed by atoms with Crippen LogP contribution in [0, 0.1) is 81.7 Å². The number of esters is 3. The summed E-state index contributed by atoms with van der Waals surface area (Å²) in [7, 11) is 0. The summed E-state index contributed by atoms with van der Waals surface area (Å²) in [5, 5.41) is 58.9. The highest BCUT2D eigenvalue weighted by atomic mass is 16.6. The van der Waals surface area contributed by atoms with Crippen LogP contribution in [0.5, 0.6) is 0 Å². The zero-order chi connectivity index (χ0) is 51.3. The molecule has 0 radical (unpaired) electrons. The predicted octanol–water partition coefficient (Wildman–Crippen LogP) is 7.26. The molecule has 0 aromatic heterocycles. The molecule has 3 aliphatic carbocycles. The second-order valence-corrected chi connectivity index (χ2v) is 21.3. The van der Waals surface area contributed by atoms with Crippen LogP contribution in [0.3, 0.4) is 0 Å². The highest BCUT2D eigenvalue weighted by Gasteiger charge is 2.46. The fourth-order valence-electron chi connectivity index (χ4n) is 10.7. The number of rotatable bonds is 15. The number of carbonyl (C=O) groups is 3. The van der Waals surface area contributed by atoms with Crippen molar-refractivity contribution >= 4 is 17.9 Å². The van der Waals surface area contributed by atoms with Gasteiger partial charge in [-0.2, -0.15) is 10.5 Å². The topological polar surface area (TPSA) is 270 Å². The maximum absolute atomic E-state index is 14.0. The van der Waals surface area contributed by atoms with Crippen LogP contribution in [0.4, 0.5) is 0 Å². The van der Waals surface area contributed by atoms with Crippen molar-refractivity contribution in [2.24, 2.45) is 22.2 Å². The van der Waals surface area contributed by atoms with Gasteiger partial charge in [-0.1, -0.05) is 41.5 Å². The molecule has 0 unspecified atom stereocenters. The standard InChI is InChI=1S/C49H61N9O12/c1-47(2)20-32(41(56(62)63)37(23-47)53-14-8-9-15-53)35(26-50)44(59)68-28-31(29-69-45(60)36(27-51)33-21-48(3,4)24-38(42(33)57(64)65)54-16-10-11-17-54)30-70-46(61)40(52-7)34-22-49(5,6)25-39(43(34)58(66)67)55-18-12-13-19-55/h31H,8-25,28-30H2,1-6H3/b35-32+,36-33+,40-34-. The normalized spacial score (nSPS) is 23.1. The summed E-state index contributed by atoms with van der Waals surface area (Å²) in [6.45, 7) is 20.5. The number of likely N-dealkylation sites (tertiary alicyclic amines) is 3. The number of nitriles is 2. The van der Waals surface area contributed by atoms with E-state index in [-0.39, 0.29) is 53.1 Å². The van der Waals surface area contributed by atoms with Crippen LogP contribution in [0.1, 0.15) is 119 Å². The number of nitro groups is 3. The van der Waals surface area contributed by atoms with E-state index in [0.29, 0.717) is 75.6 Å². The average Bonchev–Trinajstić information content (AvgIpc) is 4.11. The third-order valence-corrected chi connectivity index (χ3v) is 13.8. The fourth-order valence-corrected chi connectivity index (χ4v) is 10.7. The molecular formula is C49H61N9O12. The van der Waals surface area contributed by atoms with Gasteiger partial charge >= 0.3 is 17.9 Å². The first-order chi connectivity index (χ1) is 33.0. The Labute approximate surface area is 407 Å². The first-order valence-corrected chi connectivity index (χ1v) is 23.8. The molecule has 0 amide bonds. The lowest BCUT2D eigenvalue weighted by Gasteiger charge is -2.35. The van der Waals surface area contributed by atoms with Gasteiger partial charge in [0.15, 0.2) is 0 Å². The van der Waals surface area contributed by atoms with Crippen molar-refractivity contribution in [2.75, 3.05) is 59.1 Å². The van der Waals surface area contributed by atoms with Gasteiger partial charge in [0.2, 0.25) is 0 Å². The Kier molecular flexibility index (Phi) is 15.9. The van der Waals surface area contributed by atoms with Crippen molar-refractivity contribution in [2.45, 2.75) is 119 Å². The van der Waals surface area contributed by atoms with E-state index in [1.54, 1.807) is 12.1 Å². The van der Waals surface area contributed by atoms with E-state index in [1.807, 2.05) is 56.2 Å². The summed E-state index contributed by atoms with van der Waals surface area (Å²) < 4.78 is 16.9. The third-order valence-electron chi connectivity index (χ3n) is 13.8. The molecule has 0 atom stereocenters. The number of carbonyl (C=O) groups excluding carboxylic acids is 3. The van der Waals surface area contributed by atoms with Gasteiger partial charge < -0.3 is 28.9 Å². The molecule has 0 spiro atoms. The van der Waals surface area contributed by atoms with E-state index in [4.69, 9.17) is 20.8 Å². The maximum atomic E-state index is 14.0. The average molecular weight is 968 g/mol. The Hall–Kier alpha value is -7.08. The van der Waals surface area contributed by atoms with Gasteiger partial charge in [-0.05, 0) is 93.3 Å². The fraction of sp³-hybridized carbons (Fsp3) is 0.633. The van der Waals surface area contributed by atoms with Crippen molar-refractivity contribution in [3.8, 4) is 12.1 Å². The SMILES string of the molecule is [C-]#[N+]/C(C(=O)OCC(COC(=O)/C(C#N)=C1\CC(C)(C)CC(N2CCCC2)=C1[N+](=O)[O-])COC(=O)/C(C#N)=C1\CC(C)(C)CC(N2CCCC2)=C1[N+](=O)[O-])=C1/CC(C)(C)CC(N2CCCC2)=C1[N+](=O)[O-]. The minimum absolute atomic E-state index is 0.00292. The highest BCUT2D eigenvalue weighted by Crippen LogP contribution is 2.48. The molecule has 3 fully saturated rings. The molecule has 374 valence electrons. The Morgan fingerprint density at radius 2 is 0.843 bits per heavy atom. The molecule has 6 rings (SSSR count). The molecule has 0 aromatic carbocycles. The lowest BCUT2D eigenvalue weighted by molar-refractivity contribution is -0.424. The van der Waals surface area contributed by atoms with E-state index in [2.05, 4.69) is 4.85 Å². The Balaban J connectivity index is 1.35. The van der Waals surface area contributed by atoms with Crippen LogP contribution in [0.25, 0.3) is 4.85 Å². The van der Waals surface area contributed by atoms with Gasteiger partial charge in [-0.3, -0.25) is 35.1 Å². The maximum Gasteiger partial charge on any atom is 0.349 e. The van der Waals surface area contributed by atoms with E-state index < -0.39 is 91.5 Å². The van der Waals surface area contributed by atoms with Crippen molar-refractivity contribution < 1.29 is 43.4 Å². The summed E-state index contributed by atoms with van der Waals surface area (Å²) in [6, 6.07) is 3.61. The summed E-state index contributed by atoms with van der Waals surface area (Å²) in [5.41, 5.74) is -3.82. The number of ether oxygens (including phenoxy) is 3. The number of hydrogen-bond donors (Lipinski definition) is 0. The van der Waals surface area contributed by atoms with Gasteiger partial charge in [0, 0.05) is 44.8 Å². The van der Waals surface area contributed by atoms with E-state index in [9.17, 15) is 55.3 Å². The van der Waals surface area contributed by atoms with Crippen LogP contribution < -0.4 is 0 Å². The van der Waals surface area contributed by atoms with Crippen molar-refractivity contribution in [1.29, 1.82) is 10.5 Å². The van der Waals surface area contributed by atoms with Crippen LogP contribution >= 0.6 is 0 Å². The molecule has 70 heavy (non-hydrogen) atoms. The quantitative estimate of drug-likeness (QED) is 0.0297. The zero-order valence-corrected chi connectivity index (χ0v) is 40.9. The van der Waals surface area contributed by atoms with Gasteiger partial charge in [0.05, 0.1) is 62.1 Å². The minimum Gasteiger partial charge on any atom is -0.470 e. The highest BCUT2D eigenvalue weighted by molar-refractivity contribution is 5.95. The van der Waals surface area contributed by atoms with Crippen molar-refractivity contribution in [3.63, 3.8) is 0 Å². The molecule has 3 saturated heterocycles. The van der Waals surface area contributed by atoms with Gasteiger partial charge in [0.25, 0.3) is 22.8 Å². The van der Waals surface area contributed by atoms with E-state index in [0.717, 1.165) is 38.5 Å². The predicted molar refractivity (Wildman–Crippen MR) is 249 cm³/mol. The Morgan fingerprint density at radius 3 is 1.13 bits per heavy atom. The molecule has 6 aliphatic rings. The molecule has 0 saturated carbocycles. The van der Waals surface area contributed by atoms with Crippen LogP contribution in [0.15, 0.2) is 67.7 Å². The zero-order valence-electron chi connectivity index (χ0n) is 40.9. The number of allylic oxidation sites excluding steroid dienone is 6. The van der Waals surface area contributed by atoms with Gasteiger partial charge in [-0.15, -0.1) is 0 Å². The molecule has 21 nitrogen and oxygen atoms in total. The van der Waals surface area contributed by atoms with Crippen molar-refractivity contribution in [3.05, 3.63) is 110 Å². The van der Waals surface area contributed by atoms with Gasteiger partial charge in [0.1, 0.15) is 36.5 Å². The summed E-state index contributed by atoms with van der Waals surface area (Å²) in [5.74, 6) is -5.04. The Bertz CT molecular complexity index is 2270. The third kappa shape index (κ3) is 11.7. The second kappa shape index (κ2) is 21.3. The number of hydrogen-bond acceptors (Lipinski definition) is 17. The molecule has 0 N–H and O–H groups in total. The molecule has 0 bridgehead atoms. The second-order valence-electron chi connectivity index (χ2n) is 21.3. The van der Waals surface area contributed by atoms with Gasteiger partial charge in [-0.25, -0.2) is 14.4 Å². The van der Waals surface area contributed by atoms with Crippen LogP contribution in [-0.2, 0) is 28.6 Å². The first kappa shape index (κ1) is 52.3. The van der Waals surface area contributed by atoms with Crippen LogP contribution in [-0.4, -0.2) is 106 Å². The van der Waals surface area contributed by atoms with E-state index >= 15 is 0 Å².